The van der Waals surface area contributed by atoms with Crippen molar-refractivity contribution in [1.29, 1.82) is 0 Å². The minimum absolute atomic E-state index is 0.762. The lowest BCUT2D eigenvalue weighted by molar-refractivity contribution is 0.317. The number of hydrogen-bond donors (Lipinski definition) is 0. The highest BCUT2D eigenvalue weighted by molar-refractivity contribution is 5.92. The van der Waals surface area contributed by atoms with Gasteiger partial charge in [-0.05, 0) is 61.2 Å². The molecule has 0 aliphatic rings. The molecule has 0 N–H and O–H groups in total. The molecular weight excluding hydrogens is 342 g/mol. The van der Waals surface area contributed by atoms with E-state index in [2.05, 4.69) is 98.1 Å². The predicted molar refractivity (Wildman–Crippen MR) is 118 cm³/mol. The van der Waals surface area contributed by atoms with E-state index in [0.717, 1.165) is 25.3 Å². The standard InChI is InChI=1S/C26H27NO/c1-4-16-28-23-13-11-21(12-14-23)18-27-25-15-10-19(2)17-24(25)20(3)26(27)22-8-6-5-7-9-22/h5-15,17H,4,16,18H2,1-3H3. The number of fused-ring (bicyclic) bond motifs is 1. The van der Waals surface area contributed by atoms with Crippen molar-refractivity contribution in [3.05, 3.63) is 89.5 Å². The zero-order valence-electron chi connectivity index (χ0n) is 16.9. The summed E-state index contributed by atoms with van der Waals surface area (Å²) < 4.78 is 8.18. The van der Waals surface area contributed by atoms with Gasteiger partial charge >= 0.3 is 0 Å². The monoisotopic (exact) mass is 369 g/mol. The quantitative estimate of drug-likeness (QED) is 0.366. The molecule has 0 spiro atoms. The van der Waals surface area contributed by atoms with Gasteiger partial charge in [-0.2, -0.15) is 0 Å². The Morgan fingerprint density at radius 2 is 1.61 bits per heavy atom. The lowest BCUT2D eigenvalue weighted by Crippen LogP contribution is -2.02. The van der Waals surface area contributed by atoms with E-state index in [1.54, 1.807) is 0 Å². The summed E-state index contributed by atoms with van der Waals surface area (Å²) in [6, 6.07) is 26.0. The Morgan fingerprint density at radius 1 is 0.857 bits per heavy atom. The summed E-state index contributed by atoms with van der Waals surface area (Å²) in [7, 11) is 0. The molecule has 28 heavy (non-hydrogen) atoms. The second-order valence-electron chi connectivity index (χ2n) is 7.44. The topological polar surface area (TPSA) is 14.2 Å². The number of benzene rings is 3. The number of aryl methyl sites for hydroxylation is 2. The second kappa shape index (κ2) is 7.93. The molecule has 4 rings (SSSR count). The van der Waals surface area contributed by atoms with E-state index in [9.17, 15) is 0 Å². The Labute approximate surface area is 167 Å². The van der Waals surface area contributed by atoms with Crippen LogP contribution in [0.4, 0.5) is 0 Å². The van der Waals surface area contributed by atoms with E-state index in [0.29, 0.717) is 0 Å². The van der Waals surface area contributed by atoms with Crippen molar-refractivity contribution < 1.29 is 4.74 Å². The lowest BCUT2D eigenvalue weighted by atomic mass is 10.1. The molecule has 142 valence electrons. The smallest absolute Gasteiger partial charge is 0.119 e. The van der Waals surface area contributed by atoms with Crippen molar-refractivity contribution in [1.82, 2.24) is 4.57 Å². The van der Waals surface area contributed by atoms with Crippen LogP contribution in [0, 0.1) is 13.8 Å². The first kappa shape index (κ1) is 18.4. The zero-order chi connectivity index (χ0) is 19.5. The Morgan fingerprint density at radius 3 is 2.32 bits per heavy atom. The fourth-order valence-electron chi connectivity index (χ4n) is 3.86. The predicted octanol–water partition coefficient (Wildman–Crippen LogP) is 6.76. The Kier molecular flexibility index (Phi) is 5.21. The van der Waals surface area contributed by atoms with Crippen LogP contribution in [0.15, 0.2) is 72.8 Å². The van der Waals surface area contributed by atoms with Gasteiger partial charge in [0.1, 0.15) is 5.75 Å². The van der Waals surface area contributed by atoms with E-state index in [4.69, 9.17) is 4.74 Å². The van der Waals surface area contributed by atoms with Crippen molar-refractivity contribution in [2.75, 3.05) is 6.61 Å². The first-order valence-corrected chi connectivity index (χ1v) is 10.0. The molecule has 3 aromatic carbocycles. The van der Waals surface area contributed by atoms with Gasteiger partial charge < -0.3 is 9.30 Å². The molecule has 0 unspecified atom stereocenters. The van der Waals surface area contributed by atoms with E-state index in [1.807, 2.05) is 0 Å². The summed E-state index contributed by atoms with van der Waals surface area (Å²) in [5, 5.41) is 1.33. The molecule has 0 amide bonds. The van der Waals surface area contributed by atoms with Gasteiger partial charge in [-0.1, -0.05) is 61.0 Å². The molecule has 1 aromatic heterocycles. The van der Waals surface area contributed by atoms with E-state index in [1.165, 1.54) is 38.9 Å². The largest absolute Gasteiger partial charge is 0.494 e. The lowest BCUT2D eigenvalue weighted by Gasteiger charge is -2.13. The maximum absolute atomic E-state index is 5.73. The van der Waals surface area contributed by atoms with Crippen LogP contribution in [0.2, 0.25) is 0 Å². The van der Waals surface area contributed by atoms with Crippen molar-refractivity contribution in [2.24, 2.45) is 0 Å². The van der Waals surface area contributed by atoms with Gasteiger partial charge in [-0.3, -0.25) is 0 Å². The second-order valence-corrected chi connectivity index (χ2v) is 7.44. The van der Waals surface area contributed by atoms with Gasteiger partial charge in [-0.25, -0.2) is 0 Å². The maximum atomic E-state index is 5.73. The Balaban J connectivity index is 1.79. The maximum Gasteiger partial charge on any atom is 0.119 e. The third-order valence-electron chi connectivity index (χ3n) is 5.26. The minimum Gasteiger partial charge on any atom is -0.494 e. The molecule has 0 aliphatic carbocycles. The first-order chi connectivity index (χ1) is 13.7. The summed E-state index contributed by atoms with van der Waals surface area (Å²) in [6.45, 7) is 8.13. The van der Waals surface area contributed by atoms with Crippen LogP contribution in [0.3, 0.4) is 0 Å². The van der Waals surface area contributed by atoms with E-state index in [-0.39, 0.29) is 0 Å². The van der Waals surface area contributed by atoms with Gasteiger partial charge in [0, 0.05) is 17.4 Å². The van der Waals surface area contributed by atoms with Crippen LogP contribution in [0.5, 0.6) is 5.75 Å². The first-order valence-electron chi connectivity index (χ1n) is 10.0. The van der Waals surface area contributed by atoms with Crippen LogP contribution >= 0.6 is 0 Å². The average Bonchev–Trinajstić information content (AvgIpc) is 2.99. The molecule has 0 atom stereocenters. The van der Waals surface area contributed by atoms with Crippen LogP contribution in [0.1, 0.15) is 30.0 Å². The average molecular weight is 370 g/mol. The fourth-order valence-corrected chi connectivity index (χ4v) is 3.86. The van der Waals surface area contributed by atoms with Crippen LogP contribution in [-0.4, -0.2) is 11.2 Å². The van der Waals surface area contributed by atoms with Crippen molar-refractivity contribution in [2.45, 2.75) is 33.7 Å². The Bertz CT molecular complexity index is 1080. The highest BCUT2D eigenvalue weighted by Gasteiger charge is 2.16. The molecule has 0 saturated heterocycles. The molecule has 4 aromatic rings. The van der Waals surface area contributed by atoms with Gasteiger partial charge in [0.05, 0.1) is 12.3 Å². The van der Waals surface area contributed by atoms with Gasteiger partial charge in [0.2, 0.25) is 0 Å². The van der Waals surface area contributed by atoms with Gasteiger partial charge in [0.15, 0.2) is 0 Å². The van der Waals surface area contributed by atoms with Crippen LogP contribution in [0.25, 0.3) is 22.2 Å². The van der Waals surface area contributed by atoms with E-state index >= 15 is 0 Å². The molecule has 1 heterocycles. The number of rotatable bonds is 6. The third-order valence-corrected chi connectivity index (χ3v) is 5.26. The summed E-state index contributed by atoms with van der Waals surface area (Å²) >= 11 is 0. The van der Waals surface area contributed by atoms with Gasteiger partial charge in [0.25, 0.3) is 0 Å². The van der Waals surface area contributed by atoms with Gasteiger partial charge in [-0.15, -0.1) is 0 Å². The summed E-state index contributed by atoms with van der Waals surface area (Å²) in [5.74, 6) is 0.943. The number of aromatic nitrogens is 1. The summed E-state index contributed by atoms with van der Waals surface area (Å²) in [5.41, 5.74) is 7.76. The normalized spacial score (nSPS) is 11.1. The highest BCUT2D eigenvalue weighted by Crippen LogP contribution is 2.34. The van der Waals surface area contributed by atoms with E-state index < -0.39 is 0 Å². The van der Waals surface area contributed by atoms with Crippen molar-refractivity contribution >= 4 is 10.9 Å². The molecule has 0 aliphatic heterocycles. The van der Waals surface area contributed by atoms with Crippen molar-refractivity contribution in [3.63, 3.8) is 0 Å². The number of ether oxygens (including phenoxy) is 1. The van der Waals surface area contributed by atoms with Crippen LogP contribution in [-0.2, 0) is 6.54 Å². The third kappa shape index (κ3) is 3.55. The fraction of sp³-hybridized carbons (Fsp3) is 0.231. The molecular formula is C26H27NO. The SMILES string of the molecule is CCCOc1ccc(Cn2c(-c3ccccc3)c(C)c3cc(C)ccc32)cc1. The molecule has 0 saturated carbocycles. The molecule has 0 bridgehead atoms. The number of nitrogens with zero attached hydrogens (tertiary/aromatic N) is 1. The highest BCUT2D eigenvalue weighted by atomic mass is 16.5. The van der Waals surface area contributed by atoms with Crippen LogP contribution < -0.4 is 4.74 Å². The van der Waals surface area contributed by atoms with Crippen molar-refractivity contribution in [3.8, 4) is 17.0 Å². The number of hydrogen-bond acceptors (Lipinski definition) is 1. The molecule has 2 heteroatoms. The summed E-state index contributed by atoms with van der Waals surface area (Å²) in [6.07, 6.45) is 1.02. The Hall–Kier alpha value is -3.00. The molecule has 0 fully saturated rings. The minimum atomic E-state index is 0.762. The summed E-state index contributed by atoms with van der Waals surface area (Å²) in [4.78, 5) is 0. The molecule has 0 radical (unpaired) electrons. The molecule has 2 nitrogen and oxygen atoms in total. The zero-order valence-corrected chi connectivity index (χ0v) is 16.9.